The van der Waals surface area contributed by atoms with E-state index >= 15 is 0 Å². The van der Waals surface area contributed by atoms with Gasteiger partial charge in [0.25, 0.3) is 0 Å². The van der Waals surface area contributed by atoms with Gasteiger partial charge in [0, 0.05) is 12.5 Å². The summed E-state index contributed by atoms with van der Waals surface area (Å²) >= 11 is 0. The quantitative estimate of drug-likeness (QED) is 0.866. The average molecular weight is 239 g/mol. The molecule has 3 N–H and O–H groups in total. The van der Waals surface area contributed by atoms with Crippen molar-refractivity contribution in [1.82, 2.24) is 4.98 Å². The normalized spacial score (nSPS) is 16.8. The largest absolute Gasteiger partial charge is 0.397 e. The molecular formula is C15H17N3. The standard InChI is InChI=1S/C15H17N3/c1-10-6-13(16)9-18-15(10)17-8-12-7-11-4-2-3-5-14(11)12/h2-6,9,12H,7-8,16H2,1H3,(H,17,18). The Kier molecular flexibility index (Phi) is 2.67. The Bertz CT molecular complexity index is 578. The second kappa shape index (κ2) is 4.33. The molecule has 1 aromatic carbocycles. The molecule has 3 rings (SSSR count). The maximum absolute atomic E-state index is 5.69. The molecule has 18 heavy (non-hydrogen) atoms. The van der Waals surface area contributed by atoms with Gasteiger partial charge in [-0.25, -0.2) is 4.98 Å². The smallest absolute Gasteiger partial charge is 0.129 e. The van der Waals surface area contributed by atoms with E-state index in [0.717, 1.165) is 24.3 Å². The zero-order valence-corrected chi connectivity index (χ0v) is 10.5. The highest BCUT2D eigenvalue weighted by molar-refractivity contribution is 5.51. The molecule has 0 spiro atoms. The average Bonchev–Trinajstić information content (AvgIpc) is 2.33. The van der Waals surface area contributed by atoms with Crippen LogP contribution in [0.1, 0.15) is 22.6 Å². The van der Waals surface area contributed by atoms with Crippen LogP contribution in [-0.4, -0.2) is 11.5 Å². The first-order valence-electron chi connectivity index (χ1n) is 6.28. The number of nitrogen functional groups attached to an aromatic ring is 1. The lowest BCUT2D eigenvalue weighted by molar-refractivity contribution is 0.634. The minimum absolute atomic E-state index is 0.611. The lowest BCUT2D eigenvalue weighted by atomic mass is 9.77. The zero-order valence-electron chi connectivity index (χ0n) is 10.5. The highest BCUT2D eigenvalue weighted by Gasteiger charge is 2.24. The third-order valence-corrected chi connectivity index (χ3v) is 3.58. The maximum atomic E-state index is 5.69. The van der Waals surface area contributed by atoms with Gasteiger partial charge in [-0.1, -0.05) is 24.3 Å². The number of rotatable bonds is 3. The molecule has 1 unspecified atom stereocenters. The minimum atomic E-state index is 0.611. The number of anilines is 2. The second-order valence-electron chi connectivity index (χ2n) is 4.91. The van der Waals surface area contributed by atoms with Gasteiger partial charge in [0.2, 0.25) is 0 Å². The molecule has 0 amide bonds. The SMILES string of the molecule is Cc1cc(N)cnc1NCC1Cc2ccccc21. The summed E-state index contributed by atoms with van der Waals surface area (Å²) in [6.45, 7) is 2.97. The summed E-state index contributed by atoms with van der Waals surface area (Å²) in [6.07, 6.45) is 2.86. The van der Waals surface area contributed by atoms with Gasteiger partial charge in [0.15, 0.2) is 0 Å². The summed E-state index contributed by atoms with van der Waals surface area (Å²) in [6, 6.07) is 10.6. The van der Waals surface area contributed by atoms with Gasteiger partial charge in [-0.3, -0.25) is 0 Å². The Hall–Kier alpha value is -2.03. The number of benzene rings is 1. The minimum Gasteiger partial charge on any atom is -0.397 e. The maximum Gasteiger partial charge on any atom is 0.129 e. The molecular weight excluding hydrogens is 222 g/mol. The number of hydrogen-bond donors (Lipinski definition) is 2. The van der Waals surface area contributed by atoms with Crippen LogP contribution in [0.5, 0.6) is 0 Å². The Morgan fingerprint density at radius 1 is 1.39 bits per heavy atom. The summed E-state index contributed by atoms with van der Waals surface area (Å²) in [5.41, 5.74) is 10.5. The molecule has 1 aliphatic rings. The molecule has 1 aromatic heterocycles. The van der Waals surface area contributed by atoms with Crippen LogP contribution in [-0.2, 0) is 6.42 Å². The van der Waals surface area contributed by atoms with Crippen LogP contribution < -0.4 is 11.1 Å². The summed E-state index contributed by atoms with van der Waals surface area (Å²) in [4.78, 5) is 4.33. The summed E-state index contributed by atoms with van der Waals surface area (Å²) < 4.78 is 0. The van der Waals surface area contributed by atoms with Gasteiger partial charge in [-0.05, 0) is 36.1 Å². The molecule has 1 aliphatic carbocycles. The molecule has 3 heteroatoms. The third kappa shape index (κ3) is 1.92. The molecule has 2 aromatic rings. The Morgan fingerprint density at radius 2 is 2.22 bits per heavy atom. The molecule has 0 radical (unpaired) electrons. The van der Waals surface area contributed by atoms with E-state index in [-0.39, 0.29) is 0 Å². The van der Waals surface area contributed by atoms with Gasteiger partial charge in [0.1, 0.15) is 5.82 Å². The van der Waals surface area contributed by atoms with Crippen LogP contribution in [0.3, 0.4) is 0 Å². The number of aryl methyl sites for hydroxylation is 1. The number of aromatic nitrogens is 1. The van der Waals surface area contributed by atoms with E-state index in [1.807, 2.05) is 13.0 Å². The van der Waals surface area contributed by atoms with Crippen LogP contribution >= 0.6 is 0 Å². The first kappa shape index (κ1) is 11.1. The summed E-state index contributed by atoms with van der Waals surface area (Å²) in [5.74, 6) is 1.55. The highest BCUT2D eigenvalue weighted by Crippen LogP contribution is 2.34. The van der Waals surface area contributed by atoms with Crippen molar-refractivity contribution in [2.75, 3.05) is 17.6 Å². The monoisotopic (exact) mass is 239 g/mol. The van der Waals surface area contributed by atoms with E-state index in [0.29, 0.717) is 11.6 Å². The predicted molar refractivity (Wildman–Crippen MR) is 74.8 cm³/mol. The van der Waals surface area contributed by atoms with Crippen molar-refractivity contribution in [3.63, 3.8) is 0 Å². The van der Waals surface area contributed by atoms with Gasteiger partial charge in [-0.15, -0.1) is 0 Å². The number of hydrogen-bond acceptors (Lipinski definition) is 3. The lowest BCUT2D eigenvalue weighted by Crippen LogP contribution is -2.24. The highest BCUT2D eigenvalue weighted by atomic mass is 15.0. The van der Waals surface area contributed by atoms with E-state index < -0.39 is 0 Å². The molecule has 1 heterocycles. The fraction of sp³-hybridized carbons (Fsp3) is 0.267. The zero-order chi connectivity index (χ0) is 12.5. The van der Waals surface area contributed by atoms with Crippen LogP contribution in [0.4, 0.5) is 11.5 Å². The van der Waals surface area contributed by atoms with Crippen molar-refractivity contribution in [1.29, 1.82) is 0 Å². The third-order valence-electron chi connectivity index (χ3n) is 3.58. The van der Waals surface area contributed by atoms with E-state index in [4.69, 9.17) is 5.73 Å². The van der Waals surface area contributed by atoms with Crippen molar-refractivity contribution >= 4 is 11.5 Å². The number of nitrogens with one attached hydrogen (secondary N) is 1. The topological polar surface area (TPSA) is 50.9 Å². The predicted octanol–water partition coefficient (Wildman–Crippen LogP) is 2.72. The Balaban J connectivity index is 1.66. The van der Waals surface area contributed by atoms with Crippen LogP contribution in [0.2, 0.25) is 0 Å². The number of nitrogens with zero attached hydrogens (tertiary/aromatic N) is 1. The first-order chi connectivity index (χ1) is 8.74. The second-order valence-corrected chi connectivity index (χ2v) is 4.91. The molecule has 1 atom stereocenters. The number of pyridine rings is 1. The van der Waals surface area contributed by atoms with Gasteiger partial charge in [-0.2, -0.15) is 0 Å². The Labute approximate surface area is 107 Å². The van der Waals surface area contributed by atoms with Crippen molar-refractivity contribution in [2.24, 2.45) is 0 Å². The molecule has 92 valence electrons. The van der Waals surface area contributed by atoms with Crippen molar-refractivity contribution in [2.45, 2.75) is 19.3 Å². The number of fused-ring (bicyclic) bond motifs is 1. The van der Waals surface area contributed by atoms with Crippen LogP contribution in [0, 0.1) is 6.92 Å². The lowest BCUT2D eigenvalue weighted by Gasteiger charge is -2.30. The first-order valence-corrected chi connectivity index (χ1v) is 6.28. The van der Waals surface area contributed by atoms with E-state index in [2.05, 4.69) is 34.6 Å². The van der Waals surface area contributed by atoms with Crippen LogP contribution in [0.25, 0.3) is 0 Å². The van der Waals surface area contributed by atoms with E-state index in [1.54, 1.807) is 6.20 Å². The molecule has 0 fully saturated rings. The fourth-order valence-electron chi connectivity index (χ4n) is 2.55. The van der Waals surface area contributed by atoms with Crippen molar-refractivity contribution in [3.8, 4) is 0 Å². The summed E-state index contributed by atoms with van der Waals surface area (Å²) in [5, 5.41) is 3.42. The van der Waals surface area contributed by atoms with Gasteiger partial charge < -0.3 is 11.1 Å². The van der Waals surface area contributed by atoms with E-state index in [1.165, 1.54) is 11.1 Å². The van der Waals surface area contributed by atoms with Gasteiger partial charge in [0.05, 0.1) is 11.9 Å². The fourth-order valence-corrected chi connectivity index (χ4v) is 2.55. The van der Waals surface area contributed by atoms with Crippen molar-refractivity contribution < 1.29 is 0 Å². The molecule has 0 saturated heterocycles. The Morgan fingerprint density at radius 3 is 3.00 bits per heavy atom. The van der Waals surface area contributed by atoms with Crippen molar-refractivity contribution in [3.05, 3.63) is 53.2 Å². The summed E-state index contributed by atoms with van der Waals surface area (Å²) in [7, 11) is 0. The molecule has 0 saturated carbocycles. The van der Waals surface area contributed by atoms with Crippen LogP contribution in [0.15, 0.2) is 36.5 Å². The molecule has 0 bridgehead atoms. The molecule has 0 aliphatic heterocycles. The van der Waals surface area contributed by atoms with Gasteiger partial charge >= 0.3 is 0 Å². The number of nitrogens with two attached hydrogens (primary N) is 1. The van der Waals surface area contributed by atoms with E-state index in [9.17, 15) is 0 Å². The molecule has 3 nitrogen and oxygen atoms in total.